The van der Waals surface area contributed by atoms with Crippen molar-refractivity contribution in [2.24, 2.45) is 0 Å². The number of hydrogen-bond donors (Lipinski definition) is 1. The van der Waals surface area contributed by atoms with Crippen molar-refractivity contribution in [1.29, 1.82) is 0 Å². The second kappa shape index (κ2) is 5.36. The lowest BCUT2D eigenvalue weighted by Crippen LogP contribution is -2.13. The third-order valence-corrected chi connectivity index (χ3v) is 1.93. The van der Waals surface area contributed by atoms with Crippen LogP contribution in [0, 0.1) is 0 Å². The lowest BCUT2D eigenvalue weighted by Gasteiger charge is -2.09. The van der Waals surface area contributed by atoms with E-state index in [-0.39, 0.29) is 0 Å². The molecule has 1 aromatic carbocycles. The first-order valence-corrected chi connectivity index (χ1v) is 4.67. The van der Waals surface area contributed by atoms with Gasteiger partial charge in [-0.1, -0.05) is 12.1 Å². The normalized spacial score (nSPS) is 11.9. The number of ether oxygens (including phenoxy) is 2. The highest BCUT2D eigenvalue weighted by atomic mass is 16.5. The largest absolute Gasteiger partial charge is 0.494 e. The summed E-state index contributed by atoms with van der Waals surface area (Å²) < 4.78 is 9.65. The Labute approximate surface area is 88.4 Å². The van der Waals surface area contributed by atoms with Gasteiger partial charge in [0.2, 0.25) is 0 Å². The van der Waals surface area contributed by atoms with Gasteiger partial charge >= 0.3 is 5.97 Å². The summed E-state index contributed by atoms with van der Waals surface area (Å²) in [6.07, 6.45) is -1.23. The minimum absolute atomic E-state index is 0.491. The summed E-state index contributed by atoms with van der Waals surface area (Å²) in [5.41, 5.74) is 0.491. The van der Waals surface area contributed by atoms with Crippen molar-refractivity contribution in [2.75, 3.05) is 13.7 Å². The van der Waals surface area contributed by atoms with Gasteiger partial charge in [-0.25, -0.2) is 4.79 Å². The summed E-state index contributed by atoms with van der Waals surface area (Å²) >= 11 is 0. The van der Waals surface area contributed by atoms with Gasteiger partial charge in [-0.3, -0.25) is 0 Å². The Morgan fingerprint density at radius 1 is 1.40 bits per heavy atom. The van der Waals surface area contributed by atoms with Crippen LogP contribution in [0.25, 0.3) is 0 Å². The van der Waals surface area contributed by atoms with Gasteiger partial charge in [-0.15, -0.1) is 0 Å². The lowest BCUT2D eigenvalue weighted by atomic mass is 10.1. The molecule has 0 amide bonds. The molecular weight excluding hydrogens is 196 g/mol. The molecule has 82 valence electrons. The first-order valence-electron chi connectivity index (χ1n) is 4.67. The Kier molecular flexibility index (Phi) is 4.12. The topological polar surface area (TPSA) is 55.8 Å². The lowest BCUT2D eigenvalue weighted by molar-refractivity contribution is -0.150. The molecule has 0 aliphatic rings. The predicted molar refractivity (Wildman–Crippen MR) is 54.6 cm³/mol. The number of esters is 1. The molecule has 0 saturated carbocycles. The number of carbonyl (C=O) groups is 1. The molecule has 1 N–H and O–H groups in total. The van der Waals surface area contributed by atoms with Crippen LogP contribution in [0.1, 0.15) is 18.6 Å². The fourth-order valence-corrected chi connectivity index (χ4v) is 1.16. The molecule has 4 nitrogen and oxygen atoms in total. The molecule has 0 heterocycles. The Hall–Kier alpha value is -1.55. The van der Waals surface area contributed by atoms with Crippen LogP contribution in [0.2, 0.25) is 0 Å². The van der Waals surface area contributed by atoms with E-state index in [0.29, 0.717) is 17.9 Å². The molecule has 0 fully saturated rings. The monoisotopic (exact) mass is 210 g/mol. The number of aliphatic hydroxyl groups is 1. The average Bonchev–Trinajstić information content (AvgIpc) is 2.28. The SMILES string of the molecule is CCOc1ccc([C@@H](O)C(=O)OC)cc1. The van der Waals surface area contributed by atoms with Crippen LogP contribution in [-0.4, -0.2) is 24.8 Å². The predicted octanol–water partition coefficient (Wildman–Crippen LogP) is 1.29. The number of hydrogen-bond acceptors (Lipinski definition) is 4. The van der Waals surface area contributed by atoms with E-state index < -0.39 is 12.1 Å². The molecule has 0 radical (unpaired) electrons. The summed E-state index contributed by atoms with van der Waals surface area (Å²) in [6.45, 7) is 2.47. The van der Waals surface area contributed by atoms with E-state index in [1.165, 1.54) is 7.11 Å². The summed E-state index contributed by atoms with van der Waals surface area (Å²) in [4.78, 5) is 11.0. The van der Waals surface area contributed by atoms with Crippen molar-refractivity contribution in [2.45, 2.75) is 13.0 Å². The number of aliphatic hydroxyl groups excluding tert-OH is 1. The Bertz CT molecular complexity index is 318. The molecule has 0 saturated heterocycles. The second-order valence-electron chi connectivity index (χ2n) is 2.93. The Balaban J connectivity index is 2.75. The van der Waals surface area contributed by atoms with Gasteiger partial charge < -0.3 is 14.6 Å². The third kappa shape index (κ3) is 2.95. The van der Waals surface area contributed by atoms with Gasteiger partial charge in [-0.05, 0) is 24.6 Å². The molecule has 0 unspecified atom stereocenters. The molecule has 1 rings (SSSR count). The molecule has 1 atom stereocenters. The zero-order valence-electron chi connectivity index (χ0n) is 8.77. The first-order chi connectivity index (χ1) is 7.19. The van der Waals surface area contributed by atoms with Crippen molar-refractivity contribution >= 4 is 5.97 Å². The summed E-state index contributed by atoms with van der Waals surface area (Å²) in [7, 11) is 1.24. The van der Waals surface area contributed by atoms with Crippen LogP contribution in [0.4, 0.5) is 0 Å². The molecule has 0 bridgehead atoms. The quantitative estimate of drug-likeness (QED) is 0.761. The molecule has 0 aliphatic carbocycles. The molecule has 15 heavy (non-hydrogen) atoms. The van der Waals surface area contributed by atoms with E-state index >= 15 is 0 Å². The zero-order chi connectivity index (χ0) is 11.3. The van der Waals surface area contributed by atoms with Crippen molar-refractivity contribution in [3.8, 4) is 5.75 Å². The zero-order valence-corrected chi connectivity index (χ0v) is 8.77. The smallest absolute Gasteiger partial charge is 0.339 e. The summed E-state index contributed by atoms with van der Waals surface area (Å²) in [5, 5.41) is 9.49. The van der Waals surface area contributed by atoms with Gasteiger partial charge in [0.05, 0.1) is 13.7 Å². The van der Waals surface area contributed by atoms with E-state index in [1.807, 2.05) is 6.92 Å². The summed E-state index contributed by atoms with van der Waals surface area (Å²) in [6, 6.07) is 6.66. The number of rotatable bonds is 4. The molecule has 0 aromatic heterocycles. The highest BCUT2D eigenvalue weighted by Crippen LogP contribution is 2.18. The van der Waals surface area contributed by atoms with Crippen molar-refractivity contribution in [3.63, 3.8) is 0 Å². The van der Waals surface area contributed by atoms with E-state index in [4.69, 9.17) is 4.74 Å². The van der Waals surface area contributed by atoms with Crippen molar-refractivity contribution in [3.05, 3.63) is 29.8 Å². The highest BCUT2D eigenvalue weighted by Gasteiger charge is 2.17. The number of carbonyl (C=O) groups excluding carboxylic acids is 1. The molecule has 0 spiro atoms. The second-order valence-corrected chi connectivity index (χ2v) is 2.93. The van der Waals surface area contributed by atoms with Crippen LogP contribution in [-0.2, 0) is 9.53 Å². The Morgan fingerprint density at radius 2 is 2.00 bits per heavy atom. The standard InChI is InChI=1S/C11H14O4/c1-3-15-9-6-4-8(5-7-9)10(12)11(13)14-2/h4-7,10,12H,3H2,1-2H3/t10-/m1/s1. The van der Waals surface area contributed by atoms with Crippen LogP contribution in [0.15, 0.2) is 24.3 Å². The number of methoxy groups -OCH3 is 1. The van der Waals surface area contributed by atoms with Crippen LogP contribution < -0.4 is 4.74 Å². The summed E-state index contributed by atoms with van der Waals surface area (Å²) in [5.74, 6) is 0.0393. The van der Waals surface area contributed by atoms with Gasteiger partial charge in [0.1, 0.15) is 5.75 Å². The van der Waals surface area contributed by atoms with Gasteiger partial charge in [0.15, 0.2) is 6.10 Å². The number of benzene rings is 1. The maximum atomic E-state index is 11.0. The molecule has 1 aromatic rings. The van der Waals surface area contributed by atoms with Crippen molar-refractivity contribution in [1.82, 2.24) is 0 Å². The third-order valence-electron chi connectivity index (χ3n) is 1.93. The van der Waals surface area contributed by atoms with E-state index in [2.05, 4.69) is 4.74 Å². The van der Waals surface area contributed by atoms with Crippen molar-refractivity contribution < 1.29 is 19.4 Å². The van der Waals surface area contributed by atoms with E-state index in [1.54, 1.807) is 24.3 Å². The van der Waals surface area contributed by atoms with E-state index in [9.17, 15) is 9.90 Å². The maximum Gasteiger partial charge on any atom is 0.339 e. The fraction of sp³-hybridized carbons (Fsp3) is 0.364. The first kappa shape index (κ1) is 11.5. The van der Waals surface area contributed by atoms with Crippen LogP contribution in [0.5, 0.6) is 5.75 Å². The minimum atomic E-state index is -1.23. The van der Waals surface area contributed by atoms with Gasteiger partial charge in [0, 0.05) is 0 Å². The van der Waals surface area contributed by atoms with Crippen LogP contribution in [0.3, 0.4) is 0 Å². The van der Waals surface area contributed by atoms with Crippen LogP contribution >= 0.6 is 0 Å². The average molecular weight is 210 g/mol. The van der Waals surface area contributed by atoms with Gasteiger partial charge in [0.25, 0.3) is 0 Å². The van der Waals surface area contributed by atoms with E-state index in [0.717, 1.165) is 0 Å². The Morgan fingerprint density at radius 3 is 2.47 bits per heavy atom. The maximum absolute atomic E-state index is 11.0. The molecule has 4 heteroatoms. The molecule has 0 aliphatic heterocycles. The van der Waals surface area contributed by atoms with Gasteiger partial charge in [-0.2, -0.15) is 0 Å². The highest BCUT2D eigenvalue weighted by molar-refractivity contribution is 5.76. The minimum Gasteiger partial charge on any atom is -0.494 e. The molecular formula is C11H14O4. The fourth-order valence-electron chi connectivity index (χ4n) is 1.16.